The molecule has 0 aromatic heterocycles. The molecule has 0 radical (unpaired) electrons. The maximum Gasteiger partial charge on any atom is 0.123 e. The largest absolute Gasteiger partial charge is 0.496 e. The zero-order chi connectivity index (χ0) is 11.6. The predicted molar refractivity (Wildman–Crippen MR) is 69.9 cm³/mol. The molecule has 0 spiro atoms. The lowest BCUT2D eigenvalue weighted by Gasteiger charge is -2.09. The Morgan fingerprint density at radius 2 is 2.00 bits per heavy atom. The molecular weight excluding hydrogens is 242 g/mol. The van der Waals surface area contributed by atoms with E-state index >= 15 is 0 Å². The van der Waals surface area contributed by atoms with Gasteiger partial charge in [-0.2, -0.15) is 0 Å². The summed E-state index contributed by atoms with van der Waals surface area (Å²) in [4.78, 5) is 0. The molecule has 17 heavy (non-hydrogen) atoms. The van der Waals surface area contributed by atoms with Gasteiger partial charge in [-0.15, -0.1) is 12.4 Å². The van der Waals surface area contributed by atoms with Crippen LogP contribution in [-0.2, 0) is 11.3 Å². The molecule has 0 bridgehead atoms. The highest BCUT2D eigenvalue weighted by Crippen LogP contribution is 2.16. The summed E-state index contributed by atoms with van der Waals surface area (Å²) in [5.74, 6) is 0.895. The fourth-order valence-corrected chi connectivity index (χ4v) is 1.38. The molecule has 1 rings (SSSR count). The zero-order valence-corrected chi connectivity index (χ0v) is 10.8. The maximum atomic E-state index is 8.51. The molecule has 0 fully saturated rings. The van der Waals surface area contributed by atoms with E-state index < -0.39 is 0 Å². The van der Waals surface area contributed by atoms with Crippen molar-refractivity contribution < 1.29 is 14.6 Å². The van der Waals surface area contributed by atoms with Gasteiger partial charge in [0.05, 0.1) is 26.9 Å². The van der Waals surface area contributed by atoms with E-state index in [1.807, 2.05) is 24.3 Å². The van der Waals surface area contributed by atoms with Crippen LogP contribution in [0.3, 0.4) is 0 Å². The number of rotatable bonds is 8. The highest BCUT2D eigenvalue weighted by Gasteiger charge is 1.99. The third kappa shape index (κ3) is 6.48. The SMILES string of the molecule is COc1ccccc1CNCCOCCO.Cl. The Morgan fingerprint density at radius 1 is 1.24 bits per heavy atom. The second kappa shape index (κ2) is 10.4. The number of nitrogens with one attached hydrogen (secondary N) is 1. The summed E-state index contributed by atoms with van der Waals surface area (Å²) in [6.07, 6.45) is 0. The topological polar surface area (TPSA) is 50.7 Å². The van der Waals surface area contributed by atoms with Crippen LogP contribution in [0.1, 0.15) is 5.56 Å². The standard InChI is InChI=1S/C12H19NO3.ClH/c1-15-12-5-3-2-4-11(12)10-13-6-8-16-9-7-14;/h2-5,13-14H,6-10H2,1H3;1H. The van der Waals surface area contributed by atoms with Crippen molar-refractivity contribution in [3.8, 4) is 5.75 Å². The van der Waals surface area contributed by atoms with Gasteiger partial charge < -0.3 is 19.9 Å². The average molecular weight is 262 g/mol. The molecule has 0 heterocycles. The highest BCUT2D eigenvalue weighted by atomic mass is 35.5. The fraction of sp³-hybridized carbons (Fsp3) is 0.500. The van der Waals surface area contributed by atoms with Crippen LogP contribution in [0, 0.1) is 0 Å². The highest BCUT2D eigenvalue weighted by molar-refractivity contribution is 5.85. The van der Waals surface area contributed by atoms with Gasteiger partial charge in [-0.1, -0.05) is 18.2 Å². The van der Waals surface area contributed by atoms with E-state index in [9.17, 15) is 0 Å². The number of para-hydroxylation sites is 1. The van der Waals surface area contributed by atoms with Gasteiger partial charge in [0.2, 0.25) is 0 Å². The van der Waals surface area contributed by atoms with Crippen molar-refractivity contribution in [1.29, 1.82) is 0 Å². The summed E-state index contributed by atoms with van der Waals surface area (Å²) < 4.78 is 10.4. The summed E-state index contributed by atoms with van der Waals surface area (Å²) in [7, 11) is 1.67. The average Bonchev–Trinajstić information content (AvgIpc) is 2.34. The number of hydrogen-bond donors (Lipinski definition) is 2. The molecule has 0 saturated heterocycles. The van der Waals surface area contributed by atoms with Crippen molar-refractivity contribution in [3.05, 3.63) is 29.8 Å². The van der Waals surface area contributed by atoms with Crippen molar-refractivity contribution in [2.24, 2.45) is 0 Å². The molecule has 0 saturated carbocycles. The maximum absolute atomic E-state index is 8.51. The number of aliphatic hydroxyl groups is 1. The Balaban J connectivity index is 0.00000256. The smallest absolute Gasteiger partial charge is 0.123 e. The Morgan fingerprint density at radius 3 is 2.71 bits per heavy atom. The van der Waals surface area contributed by atoms with E-state index in [1.54, 1.807) is 7.11 Å². The minimum absolute atomic E-state index is 0. The molecular formula is C12H20ClNO3. The Labute approximate surface area is 108 Å². The second-order valence-corrected chi connectivity index (χ2v) is 3.32. The molecule has 0 unspecified atom stereocenters. The van der Waals surface area contributed by atoms with Gasteiger partial charge in [-0.3, -0.25) is 0 Å². The number of halogens is 1. The monoisotopic (exact) mass is 261 g/mol. The Kier molecular flexibility index (Phi) is 9.86. The van der Waals surface area contributed by atoms with Crippen LogP contribution in [0.25, 0.3) is 0 Å². The van der Waals surface area contributed by atoms with Crippen LogP contribution >= 0.6 is 12.4 Å². The van der Waals surface area contributed by atoms with E-state index in [-0.39, 0.29) is 19.0 Å². The van der Waals surface area contributed by atoms with Crippen molar-refractivity contribution in [1.82, 2.24) is 5.32 Å². The Hall–Kier alpha value is -0.810. The summed E-state index contributed by atoms with van der Waals surface area (Å²) in [6, 6.07) is 7.91. The molecule has 0 aliphatic carbocycles. The summed E-state index contributed by atoms with van der Waals surface area (Å²) in [6.45, 7) is 2.60. The first kappa shape index (κ1) is 16.2. The van der Waals surface area contributed by atoms with Gasteiger partial charge in [-0.25, -0.2) is 0 Å². The molecule has 0 aliphatic rings. The third-order valence-electron chi connectivity index (χ3n) is 2.17. The van der Waals surface area contributed by atoms with Crippen LogP contribution < -0.4 is 10.1 Å². The van der Waals surface area contributed by atoms with Crippen LogP contribution in [0.5, 0.6) is 5.75 Å². The molecule has 1 aromatic rings. The first-order valence-electron chi connectivity index (χ1n) is 5.39. The van der Waals surface area contributed by atoms with Crippen LogP contribution in [0.4, 0.5) is 0 Å². The molecule has 0 amide bonds. The van der Waals surface area contributed by atoms with E-state index in [2.05, 4.69) is 5.32 Å². The first-order valence-corrected chi connectivity index (χ1v) is 5.39. The lowest BCUT2D eigenvalue weighted by Crippen LogP contribution is -2.20. The van der Waals surface area contributed by atoms with Crippen LogP contribution in [-0.4, -0.2) is 38.6 Å². The van der Waals surface area contributed by atoms with Crippen molar-refractivity contribution in [2.45, 2.75) is 6.54 Å². The second-order valence-electron chi connectivity index (χ2n) is 3.32. The van der Waals surface area contributed by atoms with Gasteiger partial charge in [-0.05, 0) is 6.07 Å². The van der Waals surface area contributed by atoms with Gasteiger partial charge in [0.15, 0.2) is 0 Å². The summed E-state index contributed by atoms with van der Waals surface area (Å²) >= 11 is 0. The minimum atomic E-state index is 0. The van der Waals surface area contributed by atoms with Crippen LogP contribution in [0.15, 0.2) is 24.3 Å². The van der Waals surface area contributed by atoms with Gasteiger partial charge in [0, 0.05) is 18.7 Å². The fourth-order valence-electron chi connectivity index (χ4n) is 1.38. The Bertz CT molecular complexity index is 297. The molecule has 2 N–H and O–H groups in total. The lowest BCUT2D eigenvalue weighted by atomic mass is 10.2. The van der Waals surface area contributed by atoms with Crippen molar-refractivity contribution in [3.63, 3.8) is 0 Å². The number of ether oxygens (including phenoxy) is 2. The van der Waals surface area contributed by atoms with Gasteiger partial charge in [0.25, 0.3) is 0 Å². The predicted octanol–water partition coefficient (Wildman–Crippen LogP) is 1.22. The van der Waals surface area contributed by atoms with Gasteiger partial charge >= 0.3 is 0 Å². The molecule has 98 valence electrons. The molecule has 1 aromatic carbocycles. The van der Waals surface area contributed by atoms with E-state index in [1.165, 1.54) is 0 Å². The first-order chi connectivity index (χ1) is 7.88. The normalized spacial score (nSPS) is 9.76. The summed E-state index contributed by atoms with van der Waals surface area (Å²) in [5.41, 5.74) is 1.13. The third-order valence-corrected chi connectivity index (χ3v) is 2.17. The van der Waals surface area contributed by atoms with Crippen molar-refractivity contribution in [2.75, 3.05) is 33.5 Å². The number of hydrogen-bond acceptors (Lipinski definition) is 4. The quantitative estimate of drug-likeness (QED) is 0.691. The number of benzene rings is 1. The van der Waals surface area contributed by atoms with Gasteiger partial charge in [0.1, 0.15) is 5.75 Å². The van der Waals surface area contributed by atoms with E-state index in [0.717, 1.165) is 24.4 Å². The zero-order valence-electron chi connectivity index (χ0n) is 10.0. The molecule has 0 atom stereocenters. The molecule has 4 nitrogen and oxygen atoms in total. The van der Waals surface area contributed by atoms with E-state index in [0.29, 0.717) is 13.2 Å². The lowest BCUT2D eigenvalue weighted by molar-refractivity contribution is 0.0938. The number of methoxy groups -OCH3 is 1. The van der Waals surface area contributed by atoms with Crippen molar-refractivity contribution >= 4 is 12.4 Å². The molecule has 0 aliphatic heterocycles. The van der Waals surface area contributed by atoms with Crippen LogP contribution in [0.2, 0.25) is 0 Å². The minimum Gasteiger partial charge on any atom is -0.496 e. The summed E-state index contributed by atoms with van der Waals surface area (Å²) in [5, 5.41) is 11.8. The number of aliphatic hydroxyl groups excluding tert-OH is 1. The van der Waals surface area contributed by atoms with E-state index in [4.69, 9.17) is 14.6 Å². The molecule has 5 heteroatoms.